The van der Waals surface area contributed by atoms with Gasteiger partial charge in [-0.15, -0.1) is 0 Å². The Balaban J connectivity index is 0.974. The summed E-state index contributed by atoms with van der Waals surface area (Å²) in [6.07, 6.45) is -2.67. The Kier molecular flexibility index (Phi) is 7.29. The topological polar surface area (TPSA) is 138 Å². The Labute approximate surface area is 265 Å². The summed E-state index contributed by atoms with van der Waals surface area (Å²) in [7, 11) is 1.34. The third kappa shape index (κ3) is 5.80. The van der Waals surface area contributed by atoms with Crippen LogP contribution in [0.1, 0.15) is 51.1 Å². The fourth-order valence-corrected chi connectivity index (χ4v) is 6.67. The number of halogens is 5. The molecule has 7 rings (SSSR count). The van der Waals surface area contributed by atoms with Gasteiger partial charge in [0.1, 0.15) is 6.04 Å². The van der Waals surface area contributed by atoms with E-state index in [1.807, 2.05) is 0 Å². The molecule has 0 bridgehead atoms. The monoisotopic (exact) mass is 661 g/mol. The summed E-state index contributed by atoms with van der Waals surface area (Å²) in [6, 6.07) is 3.26. The summed E-state index contributed by atoms with van der Waals surface area (Å²) in [5.41, 5.74) is -0.630. The lowest BCUT2D eigenvalue weighted by Gasteiger charge is -2.23. The highest BCUT2D eigenvalue weighted by atomic mass is 19.4. The number of carbonyl (C=O) groups excluding carboxylic acids is 3. The van der Waals surface area contributed by atoms with Gasteiger partial charge >= 0.3 is 12.2 Å². The van der Waals surface area contributed by atoms with Crippen molar-refractivity contribution in [2.24, 2.45) is 18.9 Å². The number of piperidine rings is 1. The third-order valence-electron chi connectivity index (χ3n) is 9.48. The molecule has 4 amide bonds. The van der Waals surface area contributed by atoms with E-state index in [2.05, 4.69) is 31.3 Å². The van der Waals surface area contributed by atoms with Crippen LogP contribution in [-0.4, -0.2) is 86.3 Å². The number of nitrogens with zero attached hydrogens (tertiary/aromatic N) is 5. The molecule has 2 aliphatic carbocycles. The molecule has 12 nitrogen and oxygen atoms in total. The molecule has 4 unspecified atom stereocenters. The highest BCUT2D eigenvalue weighted by Gasteiger charge is 2.60. The SMILES string of the molecule is Cc1cc(NC(=O)c2ncc(-c3cn(C4CC4(F)F)nc3C(F)(F)F)n2C)ccc1C(=O)NC1C2CN(C(=O)NC3CCNC3)CC21. The summed E-state index contributed by atoms with van der Waals surface area (Å²) >= 11 is 0. The van der Waals surface area contributed by atoms with Gasteiger partial charge in [-0.1, -0.05) is 0 Å². The Morgan fingerprint density at radius 3 is 2.43 bits per heavy atom. The largest absolute Gasteiger partial charge is 0.435 e. The second-order valence-corrected chi connectivity index (χ2v) is 12.7. The second kappa shape index (κ2) is 11.0. The van der Waals surface area contributed by atoms with Gasteiger partial charge in [0.05, 0.1) is 17.5 Å². The standard InChI is InChI=1S/C30H32F5N9O3/c1-14-7-15(3-4-17(14)26(45)40-23-18-11-43(12-19(18)23)28(47)39-16-5-6-36-9-16)38-27(46)25-37-10-21(42(25)2)20-13-44(22-8-29(22,31)32)41-24(20)30(33,34)35/h3-4,7,10,13,16,18-19,22-23,36H,5-6,8-9,11-12H2,1-2H3,(H,38,46)(H,39,47)(H,40,45). The number of aryl methyl sites for hydroxylation is 1. The zero-order chi connectivity index (χ0) is 33.4. The first-order valence-corrected chi connectivity index (χ1v) is 15.3. The molecule has 4 fully saturated rings. The smallest absolute Gasteiger partial charge is 0.349 e. The van der Waals surface area contributed by atoms with Crippen LogP contribution >= 0.6 is 0 Å². The van der Waals surface area contributed by atoms with E-state index < -0.39 is 41.7 Å². The molecule has 2 saturated carbocycles. The van der Waals surface area contributed by atoms with Crippen LogP contribution in [0.15, 0.2) is 30.6 Å². The summed E-state index contributed by atoms with van der Waals surface area (Å²) < 4.78 is 70.1. The zero-order valence-corrected chi connectivity index (χ0v) is 25.4. The molecule has 2 aliphatic heterocycles. The molecule has 47 heavy (non-hydrogen) atoms. The van der Waals surface area contributed by atoms with Gasteiger partial charge in [0.15, 0.2) is 11.5 Å². The minimum Gasteiger partial charge on any atom is -0.349 e. The molecule has 4 heterocycles. The van der Waals surface area contributed by atoms with Crippen LogP contribution in [0, 0.1) is 18.8 Å². The van der Waals surface area contributed by atoms with Crippen LogP contribution < -0.4 is 21.3 Å². The van der Waals surface area contributed by atoms with Crippen molar-refractivity contribution in [1.82, 2.24) is 40.2 Å². The zero-order valence-electron chi connectivity index (χ0n) is 25.4. The van der Waals surface area contributed by atoms with Gasteiger partial charge in [0, 0.05) is 74.5 Å². The molecule has 4 atom stereocenters. The van der Waals surface area contributed by atoms with Crippen molar-refractivity contribution < 1.29 is 36.3 Å². The maximum absolute atomic E-state index is 13.8. The van der Waals surface area contributed by atoms with Crippen molar-refractivity contribution in [3.8, 4) is 11.3 Å². The number of amides is 4. The van der Waals surface area contributed by atoms with E-state index in [0.717, 1.165) is 36.5 Å². The molecule has 1 aromatic carbocycles. The van der Waals surface area contributed by atoms with E-state index in [1.165, 1.54) is 13.1 Å². The quantitative estimate of drug-likeness (QED) is 0.287. The number of carbonyl (C=O) groups is 3. The highest BCUT2D eigenvalue weighted by Crippen LogP contribution is 2.53. The number of urea groups is 1. The number of fused-ring (bicyclic) bond motifs is 1. The lowest BCUT2D eigenvalue weighted by atomic mass is 10.1. The lowest BCUT2D eigenvalue weighted by Crippen LogP contribution is -2.46. The molecular formula is C30H32F5N9O3. The highest BCUT2D eigenvalue weighted by molar-refractivity contribution is 6.03. The van der Waals surface area contributed by atoms with Crippen LogP contribution in [0.3, 0.4) is 0 Å². The van der Waals surface area contributed by atoms with Crippen molar-refractivity contribution in [3.05, 3.63) is 53.2 Å². The predicted molar refractivity (Wildman–Crippen MR) is 157 cm³/mol. The molecule has 250 valence electrons. The maximum atomic E-state index is 13.8. The van der Waals surface area contributed by atoms with Crippen molar-refractivity contribution in [3.63, 3.8) is 0 Å². The van der Waals surface area contributed by atoms with Crippen LogP contribution in [0.2, 0.25) is 0 Å². The van der Waals surface area contributed by atoms with Gasteiger partial charge in [-0.05, 0) is 43.7 Å². The molecule has 4 N–H and O–H groups in total. The normalized spacial score (nSPS) is 25.8. The first-order valence-electron chi connectivity index (χ1n) is 15.3. The maximum Gasteiger partial charge on any atom is 0.435 e. The average Bonchev–Trinajstić information content (AvgIpc) is 3.48. The van der Waals surface area contributed by atoms with Gasteiger partial charge in [-0.3, -0.25) is 14.3 Å². The predicted octanol–water partition coefficient (Wildman–Crippen LogP) is 3.17. The number of anilines is 1. The number of hydrogen-bond acceptors (Lipinski definition) is 6. The average molecular weight is 662 g/mol. The molecule has 4 aliphatic rings. The third-order valence-corrected chi connectivity index (χ3v) is 9.48. The minimum absolute atomic E-state index is 0.0261. The molecule has 0 spiro atoms. The van der Waals surface area contributed by atoms with Gasteiger partial charge in [-0.25, -0.2) is 18.6 Å². The van der Waals surface area contributed by atoms with Gasteiger partial charge < -0.3 is 30.7 Å². The van der Waals surface area contributed by atoms with Crippen molar-refractivity contribution in [1.29, 1.82) is 0 Å². The van der Waals surface area contributed by atoms with E-state index in [9.17, 15) is 36.3 Å². The molecule has 3 aromatic rings. The number of aromatic nitrogens is 4. The van der Waals surface area contributed by atoms with Crippen molar-refractivity contribution in [2.75, 3.05) is 31.5 Å². The summed E-state index contributed by atoms with van der Waals surface area (Å²) in [5, 5.41) is 15.4. The Morgan fingerprint density at radius 2 is 1.81 bits per heavy atom. The Bertz CT molecular complexity index is 1750. The molecule has 0 radical (unpaired) electrons. The second-order valence-electron chi connectivity index (χ2n) is 12.7. The first-order chi connectivity index (χ1) is 22.2. The number of likely N-dealkylation sites (tertiary alicyclic amines) is 1. The van der Waals surface area contributed by atoms with Crippen molar-refractivity contribution >= 4 is 23.5 Å². The van der Waals surface area contributed by atoms with Crippen LogP contribution in [0.4, 0.5) is 32.4 Å². The molecular weight excluding hydrogens is 629 g/mol. The summed E-state index contributed by atoms with van der Waals surface area (Å²) in [6.45, 7) is 4.53. The number of nitrogens with one attached hydrogen (secondary N) is 4. The molecule has 17 heteroatoms. The van der Waals surface area contributed by atoms with Gasteiger partial charge in [0.25, 0.3) is 17.7 Å². The number of alkyl halides is 5. The number of imidazole rings is 1. The molecule has 2 aromatic heterocycles. The van der Waals surface area contributed by atoms with Crippen LogP contribution in [-0.2, 0) is 13.2 Å². The van der Waals surface area contributed by atoms with Crippen LogP contribution in [0.5, 0.6) is 0 Å². The number of benzene rings is 1. The van der Waals surface area contributed by atoms with E-state index in [0.29, 0.717) is 34.6 Å². The number of hydrogen-bond donors (Lipinski definition) is 4. The van der Waals surface area contributed by atoms with E-state index in [-0.39, 0.29) is 47.4 Å². The fourth-order valence-electron chi connectivity index (χ4n) is 6.67. The molecule has 2 saturated heterocycles. The van der Waals surface area contributed by atoms with E-state index in [4.69, 9.17) is 0 Å². The summed E-state index contributed by atoms with van der Waals surface area (Å²) in [5.74, 6) is -3.96. The lowest BCUT2D eigenvalue weighted by molar-refractivity contribution is -0.141. The Hall–Kier alpha value is -4.54. The Morgan fingerprint density at radius 1 is 1.09 bits per heavy atom. The first kappa shape index (κ1) is 31.1. The van der Waals surface area contributed by atoms with E-state index in [1.54, 1.807) is 24.0 Å². The van der Waals surface area contributed by atoms with Gasteiger partial charge in [-0.2, -0.15) is 18.3 Å². The van der Waals surface area contributed by atoms with Crippen LogP contribution in [0.25, 0.3) is 11.3 Å². The summed E-state index contributed by atoms with van der Waals surface area (Å²) in [4.78, 5) is 44.5. The van der Waals surface area contributed by atoms with E-state index >= 15 is 0 Å². The minimum atomic E-state index is -4.93. The fraction of sp³-hybridized carbons (Fsp3) is 0.500. The number of rotatable bonds is 7. The van der Waals surface area contributed by atoms with Crippen molar-refractivity contribution in [2.45, 2.75) is 50.0 Å². The van der Waals surface area contributed by atoms with Gasteiger partial charge in [0.2, 0.25) is 0 Å².